The highest BCUT2D eigenvalue weighted by Crippen LogP contribution is 2.36. The zero-order valence-electron chi connectivity index (χ0n) is 14.2. The molecule has 1 N–H and O–H groups in total. The number of benzene rings is 1. The molecule has 5 nitrogen and oxygen atoms in total. The number of H-pyrrole nitrogens is 1. The number of aromatic amines is 1. The lowest BCUT2D eigenvalue weighted by Crippen LogP contribution is -2.24. The molecule has 0 atom stereocenters. The summed E-state index contributed by atoms with van der Waals surface area (Å²) in [6.07, 6.45) is 4.44. The second kappa shape index (κ2) is 6.34. The van der Waals surface area contributed by atoms with Gasteiger partial charge < -0.3 is 9.88 Å². The predicted molar refractivity (Wildman–Crippen MR) is 98.0 cm³/mol. The van der Waals surface area contributed by atoms with Crippen LogP contribution in [0.25, 0.3) is 16.6 Å². The molecule has 0 saturated heterocycles. The largest absolute Gasteiger partial charge is 0.330 e. The van der Waals surface area contributed by atoms with E-state index in [-0.39, 0.29) is 9.92 Å². The third-order valence-electron chi connectivity index (χ3n) is 4.66. The maximum atomic E-state index is 13.2. The van der Waals surface area contributed by atoms with Gasteiger partial charge in [0.1, 0.15) is 16.5 Å². The van der Waals surface area contributed by atoms with Crippen LogP contribution in [-0.2, 0) is 9.84 Å². The van der Waals surface area contributed by atoms with Crippen molar-refractivity contribution in [1.82, 2.24) is 14.9 Å². The third-order valence-corrected chi connectivity index (χ3v) is 6.40. The molecule has 0 bridgehead atoms. The molecule has 1 aliphatic heterocycles. The average molecular weight is 371 g/mol. The number of pyridine rings is 1. The van der Waals surface area contributed by atoms with Gasteiger partial charge in [-0.15, -0.1) is 0 Å². The van der Waals surface area contributed by atoms with Crippen LogP contribution in [0.5, 0.6) is 0 Å². The molecular weight excluding hydrogens is 353 g/mol. The molecule has 4 rings (SSSR count). The SMILES string of the molecule is CN1CC=C(c2c(S(=O)(=O)c3ccc(F)cc3)[nH]c3ncccc23)CC1. The number of aromatic nitrogens is 2. The maximum Gasteiger partial charge on any atom is 0.222 e. The van der Waals surface area contributed by atoms with Crippen LogP contribution in [0.4, 0.5) is 4.39 Å². The molecule has 134 valence electrons. The Hall–Kier alpha value is -2.51. The lowest BCUT2D eigenvalue weighted by atomic mass is 10.00. The fourth-order valence-corrected chi connectivity index (χ4v) is 4.72. The van der Waals surface area contributed by atoms with E-state index < -0.39 is 15.7 Å². The Labute approximate surface area is 151 Å². The van der Waals surface area contributed by atoms with E-state index in [1.165, 1.54) is 12.1 Å². The number of sulfone groups is 1. The predicted octanol–water partition coefficient (Wildman–Crippen LogP) is 3.25. The van der Waals surface area contributed by atoms with Crippen molar-refractivity contribution in [2.75, 3.05) is 20.1 Å². The number of fused-ring (bicyclic) bond motifs is 1. The Bertz CT molecular complexity index is 1100. The number of nitrogens with zero attached hydrogens (tertiary/aromatic N) is 2. The fourth-order valence-electron chi connectivity index (χ4n) is 3.25. The van der Waals surface area contributed by atoms with Gasteiger partial charge in [-0.05, 0) is 55.4 Å². The number of rotatable bonds is 3. The Balaban J connectivity index is 1.95. The van der Waals surface area contributed by atoms with Crippen molar-refractivity contribution < 1.29 is 12.8 Å². The lowest BCUT2D eigenvalue weighted by Gasteiger charge is -2.22. The third kappa shape index (κ3) is 2.83. The lowest BCUT2D eigenvalue weighted by molar-refractivity contribution is 0.370. The molecule has 3 heterocycles. The van der Waals surface area contributed by atoms with Gasteiger partial charge in [-0.1, -0.05) is 6.08 Å². The van der Waals surface area contributed by atoms with Gasteiger partial charge in [0.15, 0.2) is 0 Å². The molecule has 0 spiro atoms. The minimum Gasteiger partial charge on any atom is -0.330 e. The molecule has 0 radical (unpaired) electrons. The number of nitrogens with one attached hydrogen (secondary N) is 1. The van der Waals surface area contributed by atoms with E-state index in [9.17, 15) is 12.8 Å². The number of halogens is 1. The van der Waals surface area contributed by atoms with Gasteiger partial charge in [-0.25, -0.2) is 17.8 Å². The van der Waals surface area contributed by atoms with Crippen molar-refractivity contribution in [1.29, 1.82) is 0 Å². The fraction of sp³-hybridized carbons (Fsp3) is 0.211. The van der Waals surface area contributed by atoms with E-state index in [1.807, 2.05) is 13.1 Å². The van der Waals surface area contributed by atoms with E-state index in [0.717, 1.165) is 42.6 Å². The summed E-state index contributed by atoms with van der Waals surface area (Å²) < 4.78 is 39.7. The average Bonchev–Trinajstić information content (AvgIpc) is 3.03. The number of hydrogen-bond acceptors (Lipinski definition) is 4. The van der Waals surface area contributed by atoms with Crippen LogP contribution in [0.3, 0.4) is 0 Å². The summed E-state index contributed by atoms with van der Waals surface area (Å²) >= 11 is 0. The van der Waals surface area contributed by atoms with Crippen molar-refractivity contribution in [3.63, 3.8) is 0 Å². The first kappa shape index (κ1) is 16.9. The minimum atomic E-state index is -3.83. The van der Waals surface area contributed by atoms with E-state index in [2.05, 4.69) is 20.9 Å². The zero-order valence-corrected chi connectivity index (χ0v) is 15.1. The molecule has 0 amide bonds. The molecule has 26 heavy (non-hydrogen) atoms. The number of hydrogen-bond donors (Lipinski definition) is 1. The second-order valence-corrected chi connectivity index (χ2v) is 8.31. The number of likely N-dealkylation sites (N-methyl/N-ethyl adjacent to an activating group) is 1. The molecule has 3 aromatic rings. The van der Waals surface area contributed by atoms with Crippen LogP contribution in [0.15, 0.2) is 58.6 Å². The van der Waals surface area contributed by atoms with Crippen LogP contribution in [0.2, 0.25) is 0 Å². The van der Waals surface area contributed by atoms with Crippen molar-refractivity contribution >= 4 is 26.4 Å². The summed E-state index contributed by atoms with van der Waals surface area (Å²) in [5.74, 6) is -0.472. The first-order valence-corrected chi connectivity index (χ1v) is 9.80. The molecule has 0 fully saturated rings. The van der Waals surface area contributed by atoms with Gasteiger partial charge in [0.25, 0.3) is 0 Å². The van der Waals surface area contributed by atoms with E-state index in [1.54, 1.807) is 12.3 Å². The standard InChI is InChI=1S/C19H18FN3O2S/c1-23-11-8-13(9-12-23)17-16-3-2-10-21-18(16)22-19(17)26(24,25)15-6-4-14(20)5-7-15/h2-8,10H,9,11-12H2,1H3,(H,21,22). The summed E-state index contributed by atoms with van der Waals surface area (Å²) in [6, 6.07) is 8.55. The molecule has 0 aliphatic carbocycles. The quantitative estimate of drug-likeness (QED) is 0.718. The summed E-state index contributed by atoms with van der Waals surface area (Å²) in [7, 11) is -1.80. The summed E-state index contributed by atoms with van der Waals surface area (Å²) in [5, 5.41) is 0.901. The molecule has 1 aliphatic rings. The maximum absolute atomic E-state index is 13.2. The first-order valence-electron chi connectivity index (χ1n) is 8.32. The van der Waals surface area contributed by atoms with Crippen molar-refractivity contribution in [2.24, 2.45) is 0 Å². The summed E-state index contributed by atoms with van der Waals surface area (Å²) in [4.78, 5) is 9.48. The molecule has 7 heteroatoms. The van der Waals surface area contributed by atoms with Crippen LogP contribution in [0.1, 0.15) is 12.0 Å². The van der Waals surface area contributed by atoms with E-state index in [4.69, 9.17) is 0 Å². The summed E-state index contributed by atoms with van der Waals surface area (Å²) in [6.45, 7) is 1.62. The zero-order chi connectivity index (χ0) is 18.3. The normalized spacial score (nSPS) is 16.0. The highest BCUT2D eigenvalue weighted by molar-refractivity contribution is 7.91. The Kier molecular flexibility index (Phi) is 4.13. The topological polar surface area (TPSA) is 66.1 Å². The summed E-state index contributed by atoms with van der Waals surface area (Å²) in [5.41, 5.74) is 2.19. The Morgan fingerprint density at radius 2 is 1.96 bits per heavy atom. The minimum absolute atomic E-state index is 0.0558. The van der Waals surface area contributed by atoms with E-state index in [0.29, 0.717) is 11.2 Å². The van der Waals surface area contributed by atoms with Crippen molar-refractivity contribution in [3.8, 4) is 0 Å². The smallest absolute Gasteiger partial charge is 0.222 e. The Morgan fingerprint density at radius 3 is 2.65 bits per heavy atom. The van der Waals surface area contributed by atoms with Crippen LogP contribution < -0.4 is 0 Å². The highest BCUT2D eigenvalue weighted by Gasteiger charge is 2.28. The van der Waals surface area contributed by atoms with E-state index >= 15 is 0 Å². The second-order valence-electron chi connectivity index (χ2n) is 6.43. The Morgan fingerprint density at radius 1 is 1.19 bits per heavy atom. The molecule has 0 unspecified atom stereocenters. The molecule has 2 aromatic heterocycles. The van der Waals surface area contributed by atoms with Crippen molar-refractivity contribution in [3.05, 3.63) is 60.1 Å². The van der Waals surface area contributed by atoms with Gasteiger partial charge in [0.05, 0.1) is 4.90 Å². The molecular formula is C19H18FN3O2S. The van der Waals surface area contributed by atoms with Gasteiger partial charge >= 0.3 is 0 Å². The van der Waals surface area contributed by atoms with Gasteiger partial charge in [0.2, 0.25) is 9.84 Å². The van der Waals surface area contributed by atoms with Crippen LogP contribution >= 0.6 is 0 Å². The van der Waals surface area contributed by atoms with Gasteiger partial charge in [-0.2, -0.15) is 0 Å². The highest BCUT2D eigenvalue weighted by atomic mass is 32.2. The van der Waals surface area contributed by atoms with Crippen molar-refractivity contribution in [2.45, 2.75) is 16.3 Å². The first-order chi connectivity index (χ1) is 12.5. The molecule has 0 saturated carbocycles. The monoisotopic (exact) mass is 371 g/mol. The van der Waals surface area contributed by atoms with Gasteiger partial charge in [0, 0.05) is 30.2 Å². The van der Waals surface area contributed by atoms with Crippen LogP contribution in [-0.4, -0.2) is 43.4 Å². The van der Waals surface area contributed by atoms with Gasteiger partial charge in [-0.3, -0.25) is 0 Å². The molecule has 1 aromatic carbocycles. The van der Waals surface area contributed by atoms with Crippen LogP contribution in [0, 0.1) is 5.82 Å².